The number of nitrogens with zero attached hydrogens (tertiary/aromatic N) is 1. The highest BCUT2D eigenvalue weighted by atomic mass is 32.1. The molecule has 1 N–H and O–H groups in total. The number of aromatic nitrogens is 2. The number of hydrogen-bond acceptors (Lipinski definition) is 4. The van der Waals surface area contributed by atoms with Gasteiger partial charge in [0.2, 0.25) is 0 Å². The molecule has 0 atom stereocenters. The molecule has 6 heteroatoms. The summed E-state index contributed by atoms with van der Waals surface area (Å²) < 4.78 is 19.3. The topological polar surface area (TPSA) is 55.0 Å². The number of thiophene rings is 1. The van der Waals surface area contributed by atoms with Gasteiger partial charge in [-0.1, -0.05) is 24.3 Å². The van der Waals surface area contributed by atoms with Crippen molar-refractivity contribution >= 4 is 21.6 Å². The normalized spacial score (nSPS) is 12.9. The number of fused-ring (bicyclic) bond motifs is 2. The SMILES string of the molecule is O=c1[nH]c(Cc2ccc3c(c2)CCO3)nc2cc(-c3ccc(F)cc3)sc12. The number of rotatable bonds is 3. The number of nitrogens with one attached hydrogen (secondary N) is 1. The predicted molar refractivity (Wildman–Crippen MR) is 104 cm³/mol. The highest BCUT2D eigenvalue weighted by molar-refractivity contribution is 7.22. The Labute approximate surface area is 158 Å². The van der Waals surface area contributed by atoms with Crippen molar-refractivity contribution in [3.8, 4) is 16.2 Å². The third-order valence-electron chi connectivity index (χ3n) is 4.69. The maximum atomic E-state index is 13.1. The van der Waals surface area contributed by atoms with E-state index in [2.05, 4.69) is 16.0 Å². The predicted octanol–water partition coefficient (Wildman–Crippen LogP) is 4.32. The van der Waals surface area contributed by atoms with Crippen molar-refractivity contribution < 1.29 is 9.13 Å². The molecule has 0 fully saturated rings. The Kier molecular flexibility index (Phi) is 3.79. The van der Waals surface area contributed by atoms with E-state index in [1.165, 1.54) is 29.0 Å². The quantitative estimate of drug-likeness (QED) is 0.578. The standard InChI is InChI=1S/C21H15FN2O2S/c22-15-4-2-13(3-5-15)18-11-16-20(27-18)21(25)24-19(23-16)10-12-1-6-17-14(9-12)7-8-26-17/h1-6,9,11H,7-8,10H2,(H,23,24,25). The minimum atomic E-state index is -0.280. The van der Waals surface area contributed by atoms with Crippen molar-refractivity contribution in [2.24, 2.45) is 0 Å². The van der Waals surface area contributed by atoms with E-state index in [-0.39, 0.29) is 11.4 Å². The number of halogens is 1. The van der Waals surface area contributed by atoms with E-state index in [0.717, 1.165) is 34.8 Å². The summed E-state index contributed by atoms with van der Waals surface area (Å²) in [6, 6.07) is 14.2. The number of hydrogen-bond donors (Lipinski definition) is 1. The third-order valence-corrected chi connectivity index (χ3v) is 5.86. The zero-order valence-electron chi connectivity index (χ0n) is 14.3. The van der Waals surface area contributed by atoms with Gasteiger partial charge in [-0.3, -0.25) is 4.79 Å². The fourth-order valence-electron chi connectivity index (χ4n) is 3.37. The van der Waals surface area contributed by atoms with Gasteiger partial charge in [0.25, 0.3) is 5.56 Å². The maximum Gasteiger partial charge on any atom is 0.268 e. The van der Waals surface area contributed by atoms with E-state index < -0.39 is 0 Å². The summed E-state index contributed by atoms with van der Waals surface area (Å²) in [4.78, 5) is 20.9. The van der Waals surface area contributed by atoms with E-state index in [0.29, 0.717) is 22.5 Å². The van der Waals surface area contributed by atoms with Crippen LogP contribution in [0.5, 0.6) is 5.75 Å². The molecule has 0 unspecified atom stereocenters. The molecule has 0 aliphatic carbocycles. The van der Waals surface area contributed by atoms with Gasteiger partial charge in [-0.15, -0.1) is 11.3 Å². The molecule has 0 spiro atoms. The molecule has 134 valence electrons. The van der Waals surface area contributed by atoms with Gasteiger partial charge in [-0.25, -0.2) is 9.37 Å². The van der Waals surface area contributed by atoms with Gasteiger partial charge >= 0.3 is 0 Å². The van der Waals surface area contributed by atoms with Gasteiger partial charge in [-0.2, -0.15) is 0 Å². The van der Waals surface area contributed by atoms with Gasteiger partial charge in [0.1, 0.15) is 22.1 Å². The van der Waals surface area contributed by atoms with Crippen molar-refractivity contribution in [3.05, 3.63) is 81.7 Å². The highest BCUT2D eigenvalue weighted by Gasteiger charge is 2.14. The molecule has 0 saturated heterocycles. The highest BCUT2D eigenvalue weighted by Crippen LogP contribution is 2.31. The van der Waals surface area contributed by atoms with Gasteiger partial charge in [-0.05, 0) is 41.0 Å². The van der Waals surface area contributed by atoms with Crippen LogP contribution in [0.3, 0.4) is 0 Å². The van der Waals surface area contributed by atoms with E-state index in [1.807, 2.05) is 18.2 Å². The Morgan fingerprint density at radius 1 is 1.15 bits per heavy atom. The molecule has 0 radical (unpaired) electrons. The molecule has 4 nitrogen and oxygen atoms in total. The smallest absolute Gasteiger partial charge is 0.268 e. The Hall–Kier alpha value is -2.99. The molecule has 4 aromatic rings. The zero-order valence-corrected chi connectivity index (χ0v) is 15.1. The summed E-state index contributed by atoms with van der Waals surface area (Å²) >= 11 is 1.37. The van der Waals surface area contributed by atoms with Crippen LogP contribution in [0.1, 0.15) is 17.0 Å². The molecular formula is C21H15FN2O2S. The molecule has 3 heterocycles. The monoisotopic (exact) mass is 378 g/mol. The van der Waals surface area contributed by atoms with Crippen LogP contribution in [0.15, 0.2) is 53.3 Å². The average Bonchev–Trinajstić information content (AvgIpc) is 3.29. The zero-order chi connectivity index (χ0) is 18.4. The summed E-state index contributed by atoms with van der Waals surface area (Å²) in [5.41, 5.74) is 3.69. The Balaban J connectivity index is 1.51. The molecular weight excluding hydrogens is 363 g/mol. The van der Waals surface area contributed by atoms with Crippen LogP contribution in [-0.2, 0) is 12.8 Å². The van der Waals surface area contributed by atoms with Gasteiger partial charge in [0.05, 0.1) is 12.1 Å². The molecule has 2 aromatic heterocycles. The van der Waals surface area contributed by atoms with Crippen molar-refractivity contribution in [1.82, 2.24) is 9.97 Å². The summed E-state index contributed by atoms with van der Waals surface area (Å²) in [5.74, 6) is 1.30. The Morgan fingerprint density at radius 2 is 2.00 bits per heavy atom. The fourth-order valence-corrected chi connectivity index (χ4v) is 4.37. The summed E-state index contributed by atoms with van der Waals surface area (Å²) in [7, 11) is 0. The first kappa shape index (κ1) is 16.2. The molecule has 1 aliphatic heterocycles. The first-order valence-corrected chi connectivity index (χ1v) is 9.51. The number of aromatic amines is 1. The van der Waals surface area contributed by atoms with Gasteiger partial charge in [0, 0.05) is 17.7 Å². The lowest BCUT2D eigenvalue weighted by atomic mass is 10.1. The fraction of sp³-hybridized carbons (Fsp3) is 0.143. The molecule has 0 bridgehead atoms. The van der Waals surface area contributed by atoms with Crippen LogP contribution in [-0.4, -0.2) is 16.6 Å². The Bertz CT molecular complexity index is 1210. The molecule has 5 rings (SSSR count). The largest absolute Gasteiger partial charge is 0.493 e. The molecule has 0 amide bonds. The molecule has 0 saturated carbocycles. The van der Waals surface area contributed by atoms with Crippen LogP contribution in [0, 0.1) is 5.82 Å². The van der Waals surface area contributed by atoms with Crippen molar-refractivity contribution in [2.75, 3.05) is 6.61 Å². The van der Waals surface area contributed by atoms with E-state index in [4.69, 9.17) is 4.74 Å². The first-order valence-electron chi connectivity index (χ1n) is 8.69. The summed E-state index contributed by atoms with van der Waals surface area (Å²) in [5, 5.41) is 0. The van der Waals surface area contributed by atoms with Crippen LogP contribution in [0.25, 0.3) is 20.7 Å². The average molecular weight is 378 g/mol. The van der Waals surface area contributed by atoms with Crippen LogP contribution in [0.2, 0.25) is 0 Å². The second-order valence-electron chi connectivity index (χ2n) is 6.56. The number of ether oxygens (including phenoxy) is 1. The molecule has 27 heavy (non-hydrogen) atoms. The van der Waals surface area contributed by atoms with E-state index in [1.54, 1.807) is 12.1 Å². The third kappa shape index (κ3) is 3.02. The van der Waals surface area contributed by atoms with E-state index in [9.17, 15) is 9.18 Å². The molecule has 2 aromatic carbocycles. The van der Waals surface area contributed by atoms with Crippen LogP contribution >= 0.6 is 11.3 Å². The molecule has 1 aliphatic rings. The van der Waals surface area contributed by atoms with E-state index >= 15 is 0 Å². The number of H-pyrrole nitrogens is 1. The Morgan fingerprint density at radius 3 is 2.85 bits per heavy atom. The second-order valence-corrected chi connectivity index (χ2v) is 7.61. The van der Waals surface area contributed by atoms with Gasteiger partial charge < -0.3 is 9.72 Å². The van der Waals surface area contributed by atoms with Crippen LogP contribution < -0.4 is 10.3 Å². The number of benzene rings is 2. The minimum absolute atomic E-state index is 0.141. The van der Waals surface area contributed by atoms with Gasteiger partial charge in [0.15, 0.2) is 0 Å². The van der Waals surface area contributed by atoms with Crippen molar-refractivity contribution in [1.29, 1.82) is 0 Å². The lowest BCUT2D eigenvalue weighted by Gasteiger charge is -2.04. The minimum Gasteiger partial charge on any atom is -0.493 e. The van der Waals surface area contributed by atoms with Crippen molar-refractivity contribution in [3.63, 3.8) is 0 Å². The first-order chi connectivity index (χ1) is 13.2. The van der Waals surface area contributed by atoms with Crippen LogP contribution in [0.4, 0.5) is 4.39 Å². The second kappa shape index (κ2) is 6.32. The lowest BCUT2D eigenvalue weighted by Crippen LogP contribution is -2.10. The summed E-state index contributed by atoms with van der Waals surface area (Å²) in [6.07, 6.45) is 1.47. The maximum absolute atomic E-state index is 13.1. The lowest BCUT2D eigenvalue weighted by molar-refractivity contribution is 0.357. The summed E-state index contributed by atoms with van der Waals surface area (Å²) in [6.45, 7) is 0.723. The van der Waals surface area contributed by atoms with Crippen molar-refractivity contribution in [2.45, 2.75) is 12.8 Å².